The Morgan fingerprint density at radius 3 is 2.44 bits per heavy atom. The molecule has 0 amide bonds. The van der Waals surface area contributed by atoms with Crippen LogP contribution < -0.4 is 34.3 Å². The predicted molar refractivity (Wildman–Crippen MR) is 51.5 cm³/mol. The third kappa shape index (κ3) is 3.57. The molecule has 0 saturated heterocycles. The third-order valence-corrected chi connectivity index (χ3v) is 2.46. The maximum absolute atomic E-state index is 11.1. The van der Waals surface area contributed by atoms with Gasteiger partial charge in [-0.05, 0) is 29.3 Å². The van der Waals surface area contributed by atoms with Crippen LogP contribution in [0.1, 0.15) is 10.4 Å². The van der Waals surface area contributed by atoms with Crippen LogP contribution in [0.3, 0.4) is 0 Å². The van der Waals surface area contributed by atoms with Gasteiger partial charge < -0.3 is 14.0 Å². The van der Waals surface area contributed by atoms with Crippen molar-refractivity contribution in [2.75, 3.05) is 14.2 Å². The van der Waals surface area contributed by atoms with Gasteiger partial charge in [-0.1, -0.05) is 0 Å². The number of carbonyl (C=O) groups excluding carboxylic acids is 1. The molecule has 0 aliphatic rings. The summed E-state index contributed by atoms with van der Waals surface area (Å²) in [6.45, 7) is 0. The molecule has 0 aliphatic carbocycles. The summed E-state index contributed by atoms with van der Waals surface area (Å²) in [5, 5.41) is 0. The van der Waals surface area contributed by atoms with Crippen LogP contribution in [-0.4, -0.2) is 29.0 Å². The second kappa shape index (κ2) is 7.03. The van der Waals surface area contributed by atoms with Gasteiger partial charge in [0.2, 0.25) is 0 Å². The smallest absolute Gasteiger partial charge is 0.768 e. The first-order valence-electron chi connectivity index (χ1n) is 3.95. The maximum atomic E-state index is 11.1. The second-order valence-electron chi connectivity index (χ2n) is 2.59. The van der Waals surface area contributed by atoms with Gasteiger partial charge in [0.25, 0.3) is 0 Å². The summed E-state index contributed by atoms with van der Waals surface area (Å²) in [5.41, 5.74) is 0.239. The minimum Gasteiger partial charge on any atom is -0.768 e. The van der Waals surface area contributed by atoms with Crippen molar-refractivity contribution in [3.05, 3.63) is 23.8 Å². The van der Waals surface area contributed by atoms with E-state index in [9.17, 15) is 13.6 Å². The molecule has 0 aromatic heterocycles. The number of benzene rings is 1. The Hall–Kier alpha value is -0.400. The first kappa shape index (κ1) is 15.6. The summed E-state index contributed by atoms with van der Waals surface area (Å²) in [7, 11) is 2.57. The predicted octanol–water partition coefficient (Wildman–Crippen LogP) is -2.28. The normalized spacial score (nSPS) is 11.2. The van der Waals surface area contributed by atoms with Gasteiger partial charge in [0, 0.05) is 0 Å². The summed E-state index contributed by atoms with van der Waals surface area (Å²) < 4.78 is 30.8. The summed E-state index contributed by atoms with van der Waals surface area (Å²) in [6, 6.07) is 3.96. The molecule has 0 aliphatic heterocycles. The van der Waals surface area contributed by atoms with E-state index in [1.165, 1.54) is 32.4 Å². The molecule has 0 fully saturated rings. The van der Waals surface area contributed by atoms with Gasteiger partial charge in [0.1, 0.15) is 5.75 Å². The Morgan fingerprint density at radius 1 is 1.38 bits per heavy atom. The van der Waals surface area contributed by atoms with Crippen molar-refractivity contribution in [3.63, 3.8) is 0 Å². The quantitative estimate of drug-likeness (QED) is 0.344. The van der Waals surface area contributed by atoms with Crippen LogP contribution in [-0.2, 0) is 15.8 Å². The maximum Gasteiger partial charge on any atom is 1.00 e. The van der Waals surface area contributed by atoms with Gasteiger partial charge in [0.15, 0.2) is 0 Å². The molecule has 82 valence electrons. The minimum absolute atomic E-state index is 0. The Labute approximate surface area is 118 Å². The number of hydrogen-bond donors (Lipinski definition) is 0. The summed E-state index contributed by atoms with van der Waals surface area (Å²) >= 11 is -2.39. The molecular weight excluding hydrogens is 243 g/mol. The average Bonchev–Trinajstić information content (AvgIpc) is 2.26. The number of carbonyl (C=O) groups is 1. The molecule has 0 saturated carbocycles. The third-order valence-electron chi connectivity index (χ3n) is 1.76. The zero-order valence-electron chi connectivity index (χ0n) is 9.18. The summed E-state index contributed by atoms with van der Waals surface area (Å²) in [4.78, 5) is 11.1. The number of ether oxygens (including phenoxy) is 2. The van der Waals surface area contributed by atoms with E-state index < -0.39 is 17.0 Å². The van der Waals surface area contributed by atoms with Crippen LogP contribution in [0.25, 0.3) is 0 Å². The van der Waals surface area contributed by atoms with Crippen LogP contribution in [0.4, 0.5) is 0 Å². The fourth-order valence-electron chi connectivity index (χ4n) is 1.05. The Balaban J connectivity index is 0.00000225. The molecule has 5 nitrogen and oxygen atoms in total. The van der Waals surface area contributed by atoms with Gasteiger partial charge in [-0.15, -0.1) is 0 Å². The molecule has 0 heterocycles. The van der Waals surface area contributed by atoms with Crippen molar-refractivity contribution in [2.24, 2.45) is 0 Å². The largest absolute Gasteiger partial charge is 1.00 e. The fourth-order valence-corrected chi connectivity index (χ4v) is 1.54. The molecule has 1 atom stereocenters. The minimum atomic E-state index is -2.39. The molecule has 1 rings (SSSR count). The van der Waals surface area contributed by atoms with E-state index in [1.54, 1.807) is 0 Å². The average molecular weight is 252 g/mol. The van der Waals surface area contributed by atoms with E-state index in [4.69, 9.17) is 4.74 Å². The fraction of sp³-hybridized carbons (Fsp3) is 0.222. The summed E-state index contributed by atoms with van der Waals surface area (Å²) in [6.07, 6.45) is 0. The number of rotatable bonds is 3. The van der Waals surface area contributed by atoms with E-state index >= 15 is 0 Å². The first-order valence-corrected chi connectivity index (χ1v) is 5.03. The van der Waals surface area contributed by atoms with Gasteiger partial charge in [-0.3, -0.25) is 4.21 Å². The van der Waals surface area contributed by atoms with Gasteiger partial charge in [0.05, 0.1) is 24.7 Å². The van der Waals surface area contributed by atoms with Crippen LogP contribution in [0.15, 0.2) is 23.1 Å². The summed E-state index contributed by atoms with van der Waals surface area (Å²) in [5.74, 6) is -0.428. The van der Waals surface area contributed by atoms with Gasteiger partial charge >= 0.3 is 35.5 Å². The van der Waals surface area contributed by atoms with E-state index in [2.05, 4.69) is 4.74 Å². The second-order valence-corrected chi connectivity index (χ2v) is 3.50. The Morgan fingerprint density at radius 2 is 2.00 bits per heavy atom. The number of esters is 1. The number of methoxy groups -OCH3 is 2. The molecule has 0 radical (unpaired) electrons. The van der Waals surface area contributed by atoms with Gasteiger partial charge in [-0.25, -0.2) is 4.79 Å². The number of hydrogen-bond acceptors (Lipinski definition) is 5. The van der Waals surface area contributed by atoms with Crippen molar-refractivity contribution in [1.82, 2.24) is 0 Å². The Bertz CT molecular complexity index is 407. The standard InChI is InChI=1S/C9H10O5S.Na/c1-13-7-5-6(9(10)14-2)3-4-8(7)15(11)12;/h3-5H,1-2H3,(H,11,12);/q;+1/p-1. The SMILES string of the molecule is COC(=O)c1ccc(S(=O)[O-])c(OC)c1.[Na+]. The zero-order valence-corrected chi connectivity index (χ0v) is 12.0. The molecule has 0 N–H and O–H groups in total. The monoisotopic (exact) mass is 252 g/mol. The zero-order chi connectivity index (χ0) is 11.4. The van der Waals surface area contributed by atoms with E-state index in [1.807, 2.05) is 0 Å². The van der Waals surface area contributed by atoms with E-state index in [0.717, 1.165) is 0 Å². The van der Waals surface area contributed by atoms with E-state index in [0.29, 0.717) is 0 Å². The molecule has 1 unspecified atom stereocenters. The first-order chi connectivity index (χ1) is 7.10. The molecular formula is C9H9NaO5S. The van der Waals surface area contributed by atoms with Crippen LogP contribution in [0.5, 0.6) is 5.75 Å². The molecule has 7 heteroatoms. The van der Waals surface area contributed by atoms with Crippen molar-refractivity contribution < 1.29 is 52.6 Å². The molecule has 1 aromatic carbocycles. The van der Waals surface area contributed by atoms with Crippen LogP contribution in [0, 0.1) is 0 Å². The van der Waals surface area contributed by atoms with Crippen molar-refractivity contribution in [3.8, 4) is 5.75 Å². The van der Waals surface area contributed by atoms with Gasteiger partial charge in [-0.2, -0.15) is 0 Å². The van der Waals surface area contributed by atoms with Crippen LogP contribution in [0.2, 0.25) is 0 Å². The van der Waals surface area contributed by atoms with E-state index in [-0.39, 0.29) is 45.8 Å². The van der Waals surface area contributed by atoms with Crippen molar-refractivity contribution in [2.45, 2.75) is 4.90 Å². The van der Waals surface area contributed by atoms with Crippen LogP contribution >= 0.6 is 0 Å². The topological polar surface area (TPSA) is 75.7 Å². The van der Waals surface area contributed by atoms with Crippen molar-refractivity contribution >= 4 is 17.0 Å². The Kier molecular flexibility index (Phi) is 6.85. The molecule has 0 bridgehead atoms. The molecule has 16 heavy (non-hydrogen) atoms. The molecule has 1 aromatic rings. The molecule has 0 spiro atoms. The van der Waals surface area contributed by atoms with Crippen molar-refractivity contribution in [1.29, 1.82) is 0 Å².